The maximum Gasteiger partial charge on any atom is 0.432 e. The lowest BCUT2D eigenvalue weighted by Crippen LogP contribution is -2.05. The van der Waals surface area contributed by atoms with Crippen LogP contribution in [0.15, 0.2) is 16.7 Å². The van der Waals surface area contributed by atoms with Gasteiger partial charge in [0.25, 0.3) is 6.47 Å². The Balaban J connectivity index is 0.000000336. The second kappa shape index (κ2) is 6.49. The van der Waals surface area contributed by atoms with Gasteiger partial charge in [0.15, 0.2) is 0 Å². The minimum atomic E-state index is -4.29. The summed E-state index contributed by atoms with van der Waals surface area (Å²) in [5.41, 5.74) is -0.743. The van der Waals surface area contributed by atoms with Gasteiger partial charge in [-0.15, -0.1) is 0 Å². The fourth-order valence-electron chi connectivity index (χ4n) is 0.636. The fourth-order valence-corrected chi connectivity index (χ4v) is 1.11. The Kier molecular flexibility index (Phi) is 6.07. The predicted molar refractivity (Wildman–Crippen MR) is 51.2 cm³/mol. The molecule has 0 spiro atoms. The van der Waals surface area contributed by atoms with E-state index in [0.717, 1.165) is 0 Å². The van der Waals surface area contributed by atoms with Crippen LogP contribution in [0.1, 0.15) is 12.6 Å². The zero-order chi connectivity index (χ0) is 11.9. The molecule has 0 radical (unpaired) electrons. The van der Waals surface area contributed by atoms with Crippen LogP contribution in [0.3, 0.4) is 0 Å². The first-order chi connectivity index (χ1) is 6.93. The van der Waals surface area contributed by atoms with E-state index in [2.05, 4.69) is 25.7 Å². The van der Waals surface area contributed by atoms with E-state index in [4.69, 9.17) is 0 Å². The number of aromatic nitrogens is 1. The molecule has 15 heavy (non-hydrogen) atoms. The van der Waals surface area contributed by atoms with Crippen molar-refractivity contribution in [2.75, 3.05) is 6.61 Å². The van der Waals surface area contributed by atoms with Gasteiger partial charge in [0.2, 0.25) is 0 Å². The minimum Gasteiger partial charge on any atom is -0.468 e. The second-order valence-corrected chi connectivity index (χ2v) is 3.10. The Morgan fingerprint density at radius 3 is 2.33 bits per heavy atom. The van der Waals surface area contributed by atoms with E-state index in [1.54, 1.807) is 6.92 Å². The number of ether oxygens (including phenoxy) is 1. The topological polar surface area (TPSA) is 42.1 Å². The molecule has 3 nitrogen and oxygen atoms in total. The van der Waals surface area contributed by atoms with E-state index in [9.17, 15) is 18.0 Å². The molecule has 0 aliphatic carbocycles. The third-order valence-electron chi connectivity index (χ3n) is 1.21. The normalized spacial score (nSPS) is 10.2. The van der Waals surface area contributed by atoms with Gasteiger partial charge in [0.1, 0.15) is 5.69 Å². The number of carbonyl (C=O) groups excluding carboxylic acids is 1. The molecule has 1 aromatic heterocycles. The predicted octanol–water partition coefficient (Wildman–Crippen LogP) is 2.98. The van der Waals surface area contributed by atoms with Crippen LogP contribution < -0.4 is 0 Å². The molecule has 0 aliphatic heterocycles. The van der Waals surface area contributed by atoms with Gasteiger partial charge in [-0.05, 0) is 28.9 Å². The van der Waals surface area contributed by atoms with E-state index < -0.39 is 11.9 Å². The molecule has 0 saturated carbocycles. The number of aromatic amines is 1. The number of hydrogen-bond acceptors (Lipinski definition) is 2. The lowest BCUT2D eigenvalue weighted by atomic mass is 10.4. The quantitative estimate of drug-likeness (QED) is 0.850. The number of H-pyrrole nitrogens is 1. The van der Waals surface area contributed by atoms with Crippen LogP contribution in [0.5, 0.6) is 0 Å². The minimum absolute atomic E-state index is 0.0417. The molecule has 1 aromatic rings. The van der Waals surface area contributed by atoms with E-state index >= 15 is 0 Å². The van der Waals surface area contributed by atoms with Crippen molar-refractivity contribution in [1.29, 1.82) is 0 Å². The van der Waals surface area contributed by atoms with E-state index in [0.29, 0.717) is 13.1 Å². The maximum atomic E-state index is 11.8. The van der Waals surface area contributed by atoms with Crippen LogP contribution >= 0.6 is 15.9 Å². The van der Waals surface area contributed by atoms with Gasteiger partial charge in [0.05, 0.1) is 6.61 Å². The van der Waals surface area contributed by atoms with Crippen molar-refractivity contribution >= 4 is 22.4 Å². The Hall–Kier alpha value is -0.980. The van der Waals surface area contributed by atoms with Crippen LogP contribution in [0.4, 0.5) is 13.2 Å². The molecule has 0 unspecified atom stereocenters. The van der Waals surface area contributed by atoms with Crippen LogP contribution in [0.2, 0.25) is 0 Å². The van der Waals surface area contributed by atoms with Gasteiger partial charge >= 0.3 is 6.18 Å². The molecule has 0 saturated heterocycles. The molecule has 1 rings (SSSR count). The molecule has 0 fully saturated rings. The van der Waals surface area contributed by atoms with Crippen molar-refractivity contribution in [3.8, 4) is 0 Å². The fraction of sp³-hybridized carbons (Fsp3) is 0.375. The van der Waals surface area contributed by atoms with Gasteiger partial charge < -0.3 is 9.72 Å². The maximum absolute atomic E-state index is 11.8. The van der Waals surface area contributed by atoms with E-state index in [1.807, 2.05) is 0 Å². The van der Waals surface area contributed by atoms with Crippen LogP contribution in [-0.2, 0) is 15.7 Å². The highest BCUT2D eigenvalue weighted by Gasteiger charge is 2.33. The van der Waals surface area contributed by atoms with Gasteiger partial charge in [-0.3, -0.25) is 4.79 Å². The molecular weight excluding hydrogens is 279 g/mol. The number of alkyl halides is 3. The molecule has 0 aromatic carbocycles. The Labute approximate surface area is 92.7 Å². The summed E-state index contributed by atoms with van der Waals surface area (Å²) in [4.78, 5) is 11.3. The number of rotatable bonds is 2. The van der Waals surface area contributed by atoms with Gasteiger partial charge in [-0.25, -0.2) is 0 Å². The first-order valence-electron chi connectivity index (χ1n) is 3.88. The smallest absolute Gasteiger partial charge is 0.432 e. The number of hydrogen-bond donors (Lipinski definition) is 1. The summed E-state index contributed by atoms with van der Waals surface area (Å²) in [5.74, 6) is 0. The number of halogens is 4. The summed E-state index contributed by atoms with van der Waals surface area (Å²) in [6.07, 6.45) is -3.06. The van der Waals surface area contributed by atoms with Crippen LogP contribution in [-0.4, -0.2) is 18.1 Å². The summed E-state index contributed by atoms with van der Waals surface area (Å²) < 4.78 is 39.7. The largest absolute Gasteiger partial charge is 0.468 e. The van der Waals surface area contributed by atoms with Crippen molar-refractivity contribution in [3.05, 3.63) is 22.4 Å². The summed E-state index contributed by atoms with van der Waals surface area (Å²) >= 11 is 2.75. The Morgan fingerprint density at radius 1 is 1.60 bits per heavy atom. The molecule has 1 heterocycles. The SMILES string of the molecule is CCOC=O.FC(F)(F)c1[nH]ccc1Br. The highest BCUT2D eigenvalue weighted by atomic mass is 79.9. The Bertz CT molecular complexity index is 298. The molecule has 0 atom stereocenters. The van der Waals surface area contributed by atoms with E-state index in [-0.39, 0.29) is 4.47 Å². The first kappa shape index (κ1) is 14.0. The first-order valence-corrected chi connectivity index (χ1v) is 4.68. The average molecular weight is 288 g/mol. The van der Waals surface area contributed by atoms with Crippen molar-refractivity contribution in [2.45, 2.75) is 13.1 Å². The zero-order valence-corrected chi connectivity index (χ0v) is 9.35. The standard InChI is InChI=1S/C5H3BrF3N.C3H6O2/c6-3-1-2-10-4(3)5(7,8)9;1-2-5-3-4/h1-2,10H;3H,2H2,1H3. The highest BCUT2D eigenvalue weighted by molar-refractivity contribution is 9.10. The van der Waals surface area contributed by atoms with Crippen molar-refractivity contribution < 1.29 is 22.7 Å². The van der Waals surface area contributed by atoms with Gasteiger partial charge in [-0.2, -0.15) is 13.2 Å². The third kappa shape index (κ3) is 5.46. The van der Waals surface area contributed by atoms with Crippen molar-refractivity contribution in [3.63, 3.8) is 0 Å². The van der Waals surface area contributed by atoms with Crippen molar-refractivity contribution in [2.24, 2.45) is 0 Å². The molecule has 0 aliphatic rings. The molecule has 86 valence electrons. The Morgan fingerprint density at radius 2 is 2.20 bits per heavy atom. The molecular formula is C8H9BrF3NO2. The second-order valence-electron chi connectivity index (χ2n) is 2.25. The molecule has 1 N–H and O–H groups in total. The van der Waals surface area contributed by atoms with Crippen LogP contribution in [0.25, 0.3) is 0 Å². The molecule has 0 bridgehead atoms. The van der Waals surface area contributed by atoms with Crippen LogP contribution in [0, 0.1) is 0 Å². The zero-order valence-electron chi connectivity index (χ0n) is 7.77. The third-order valence-corrected chi connectivity index (χ3v) is 1.88. The lowest BCUT2D eigenvalue weighted by molar-refractivity contribution is -0.141. The summed E-state index contributed by atoms with van der Waals surface area (Å²) in [5, 5.41) is 0. The number of nitrogens with one attached hydrogen (secondary N) is 1. The van der Waals surface area contributed by atoms with Crippen molar-refractivity contribution in [1.82, 2.24) is 4.98 Å². The van der Waals surface area contributed by atoms with Gasteiger partial charge in [0, 0.05) is 10.7 Å². The monoisotopic (exact) mass is 287 g/mol. The summed E-state index contributed by atoms with van der Waals surface area (Å²) in [6, 6.07) is 1.31. The van der Waals surface area contributed by atoms with E-state index in [1.165, 1.54) is 12.3 Å². The molecule has 0 amide bonds. The highest BCUT2D eigenvalue weighted by Crippen LogP contribution is 2.32. The summed E-state index contributed by atoms with van der Waals surface area (Å²) in [6.45, 7) is 2.66. The number of carbonyl (C=O) groups is 1. The summed E-state index contributed by atoms with van der Waals surface area (Å²) in [7, 11) is 0. The average Bonchev–Trinajstić information content (AvgIpc) is 2.53. The van der Waals surface area contributed by atoms with Gasteiger partial charge in [-0.1, -0.05) is 0 Å². The molecule has 7 heteroatoms. The lowest BCUT2D eigenvalue weighted by Gasteiger charge is -2.02.